The Bertz CT molecular complexity index is 246. The average Bonchev–Trinajstić information content (AvgIpc) is 2.21. The highest BCUT2D eigenvalue weighted by Gasteiger charge is 2.26. The van der Waals surface area contributed by atoms with E-state index >= 15 is 0 Å². The van der Waals surface area contributed by atoms with Crippen LogP contribution in [-0.4, -0.2) is 20.5 Å². The quantitative estimate of drug-likeness (QED) is 0.642. The molecule has 0 saturated carbocycles. The van der Waals surface area contributed by atoms with Crippen LogP contribution in [0.3, 0.4) is 0 Å². The second kappa shape index (κ2) is 4.30. The van der Waals surface area contributed by atoms with Crippen molar-refractivity contribution in [3.05, 3.63) is 30.3 Å². The van der Waals surface area contributed by atoms with E-state index in [1.807, 2.05) is 30.3 Å². The minimum absolute atomic E-state index is 0.531. The zero-order valence-electron chi connectivity index (χ0n) is 7.31. The van der Waals surface area contributed by atoms with Crippen molar-refractivity contribution in [3.8, 4) is 5.75 Å². The van der Waals surface area contributed by atoms with Crippen molar-refractivity contribution in [1.82, 2.24) is 0 Å². The van der Waals surface area contributed by atoms with E-state index in [4.69, 9.17) is 14.0 Å². The molecule has 1 saturated heterocycles. The summed E-state index contributed by atoms with van der Waals surface area (Å²) in [6, 6.07) is 9.52. The Morgan fingerprint density at radius 1 is 1.08 bits per heavy atom. The topological polar surface area (TPSA) is 27.7 Å². The Kier molecular flexibility index (Phi) is 2.84. The average molecular weight is 178 g/mol. The summed E-state index contributed by atoms with van der Waals surface area (Å²) < 4.78 is 15.9. The van der Waals surface area contributed by atoms with Gasteiger partial charge in [-0.25, -0.2) is 0 Å². The fourth-order valence-corrected chi connectivity index (χ4v) is 1.14. The van der Waals surface area contributed by atoms with Crippen LogP contribution in [0.4, 0.5) is 0 Å². The highest BCUT2D eigenvalue weighted by atomic mass is 16.7. The molecule has 0 spiro atoms. The number of para-hydroxylation sites is 1. The molecule has 0 unspecified atom stereocenters. The zero-order chi connectivity index (χ0) is 8.93. The van der Waals surface area contributed by atoms with Gasteiger partial charge in [0.05, 0.1) is 0 Å². The monoisotopic (exact) mass is 178 g/mol. The van der Waals surface area contributed by atoms with Crippen molar-refractivity contribution in [1.29, 1.82) is 0 Å². The standard InChI is InChI=1S/C9H11BO3/c1-2-5-9(6-3-1)13-10-11-7-4-8-12-10/h1-3,5-6H,4,7-8H2. The maximum absolute atomic E-state index is 5.41. The number of benzene rings is 1. The Labute approximate surface area is 77.8 Å². The summed E-state index contributed by atoms with van der Waals surface area (Å²) in [4.78, 5) is 0. The lowest BCUT2D eigenvalue weighted by Crippen LogP contribution is -2.35. The molecular formula is C9H11BO3. The van der Waals surface area contributed by atoms with Crippen molar-refractivity contribution >= 4 is 7.32 Å². The first kappa shape index (κ1) is 8.60. The van der Waals surface area contributed by atoms with Crippen LogP contribution in [0.15, 0.2) is 30.3 Å². The Hall–Kier alpha value is -0.995. The zero-order valence-corrected chi connectivity index (χ0v) is 7.31. The fourth-order valence-electron chi connectivity index (χ4n) is 1.14. The second-order valence-electron chi connectivity index (χ2n) is 2.81. The van der Waals surface area contributed by atoms with E-state index in [1.54, 1.807) is 0 Å². The summed E-state index contributed by atoms with van der Waals surface area (Å²) in [6.45, 7) is 1.41. The van der Waals surface area contributed by atoms with Gasteiger partial charge >= 0.3 is 7.32 Å². The number of hydrogen-bond donors (Lipinski definition) is 0. The van der Waals surface area contributed by atoms with E-state index in [0.29, 0.717) is 13.2 Å². The van der Waals surface area contributed by atoms with Gasteiger partial charge in [0.25, 0.3) is 0 Å². The molecule has 1 aliphatic heterocycles. The predicted molar refractivity (Wildman–Crippen MR) is 49.3 cm³/mol. The smallest absolute Gasteiger partial charge is 0.512 e. The molecule has 0 aromatic heterocycles. The maximum Gasteiger partial charge on any atom is 0.713 e. The van der Waals surface area contributed by atoms with Gasteiger partial charge in [0.1, 0.15) is 5.75 Å². The van der Waals surface area contributed by atoms with E-state index < -0.39 is 7.32 Å². The first-order chi connectivity index (χ1) is 6.45. The third kappa shape index (κ3) is 2.47. The first-order valence-corrected chi connectivity index (χ1v) is 4.40. The van der Waals surface area contributed by atoms with Gasteiger partial charge in [0.2, 0.25) is 0 Å². The van der Waals surface area contributed by atoms with Crippen LogP contribution in [-0.2, 0) is 9.31 Å². The Balaban J connectivity index is 1.90. The summed E-state index contributed by atoms with van der Waals surface area (Å²) in [5.74, 6) is 0.773. The van der Waals surface area contributed by atoms with Gasteiger partial charge in [-0.3, -0.25) is 0 Å². The molecule has 1 aromatic rings. The van der Waals surface area contributed by atoms with Gasteiger partial charge in [-0.2, -0.15) is 0 Å². The molecule has 13 heavy (non-hydrogen) atoms. The van der Waals surface area contributed by atoms with Crippen LogP contribution >= 0.6 is 0 Å². The van der Waals surface area contributed by atoms with Gasteiger partial charge in [-0.1, -0.05) is 18.2 Å². The molecule has 0 atom stereocenters. The minimum atomic E-state index is -0.531. The van der Waals surface area contributed by atoms with E-state index in [0.717, 1.165) is 12.2 Å². The van der Waals surface area contributed by atoms with Crippen molar-refractivity contribution < 1.29 is 14.0 Å². The van der Waals surface area contributed by atoms with Gasteiger partial charge in [-0.15, -0.1) is 0 Å². The number of hydrogen-bond acceptors (Lipinski definition) is 3. The second-order valence-corrected chi connectivity index (χ2v) is 2.81. The third-order valence-electron chi connectivity index (χ3n) is 1.77. The molecule has 0 aliphatic carbocycles. The number of rotatable bonds is 2. The molecule has 0 N–H and O–H groups in total. The van der Waals surface area contributed by atoms with E-state index in [1.165, 1.54) is 0 Å². The summed E-state index contributed by atoms with van der Waals surface area (Å²) in [5.41, 5.74) is 0. The molecule has 1 heterocycles. The molecule has 0 amide bonds. The predicted octanol–water partition coefficient (Wildman–Crippen LogP) is 1.49. The molecule has 1 aromatic carbocycles. The maximum atomic E-state index is 5.41. The van der Waals surface area contributed by atoms with Gasteiger partial charge < -0.3 is 14.0 Å². The van der Waals surface area contributed by atoms with E-state index in [2.05, 4.69) is 0 Å². The largest absolute Gasteiger partial charge is 0.713 e. The van der Waals surface area contributed by atoms with Crippen LogP contribution in [0.5, 0.6) is 5.75 Å². The molecule has 3 nitrogen and oxygen atoms in total. The van der Waals surface area contributed by atoms with Crippen molar-refractivity contribution in [3.63, 3.8) is 0 Å². The van der Waals surface area contributed by atoms with E-state index in [9.17, 15) is 0 Å². The summed E-state index contributed by atoms with van der Waals surface area (Å²) in [7, 11) is -0.531. The summed E-state index contributed by atoms with van der Waals surface area (Å²) in [5, 5.41) is 0. The van der Waals surface area contributed by atoms with Gasteiger partial charge in [0.15, 0.2) is 0 Å². The SMILES string of the molecule is c1ccc(OB2OCCCO2)cc1. The molecule has 1 fully saturated rings. The van der Waals surface area contributed by atoms with Crippen LogP contribution in [0.2, 0.25) is 0 Å². The van der Waals surface area contributed by atoms with Gasteiger partial charge in [0, 0.05) is 13.2 Å². The van der Waals surface area contributed by atoms with Crippen LogP contribution in [0, 0.1) is 0 Å². The van der Waals surface area contributed by atoms with Crippen LogP contribution in [0.1, 0.15) is 6.42 Å². The normalized spacial score (nSPS) is 17.1. The lowest BCUT2D eigenvalue weighted by atomic mass is 10.2. The molecule has 0 radical (unpaired) electrons. The fraction of sp³-hybridized carbons (Fsp3) is 0.333. The Morgan fingerprint density at radius 3 is 2.46 bits per heavy atom. The van der Waals surface area contributed by atoms with Crippen LogP contribution in [0.25, 0.3) is 0 Å². The van der Waals surface area contributed by atoms with Gasteiger partial charge in [-0.05, 0) is 18.6 Å². The molecule has 68 valence electrons. The van der Waals surface area contributed by atoms with Crippen molar-refractivity contribution in [2.75, 3.05) is 13.2 Å². The third-order valence-corrected chi connectivity index (χ3v) is 1.77. The van der Waals surface area contributed by atoms with Crippen molar-refractivity contribution in [2.45, 2.75) is 6.42 Å². The summed E-state index contributed by atoms with van der Waals surface area (Å²) in [6.07, 6.45) is 0.939. The lowest BCUT2D eigenvalue weighted by molar-refractivity contribution is 0.0884. The first-order valence-electron chi connectivity index (χ1n) is 4.40. The summed E-state index contributed by atoms with van der Waals surface area (Å²) >= 11 is 0. The molecular weight excluding hydrogens is 167 g/mol. The lowest BCUT2D eigenvalue weighted by Gasteiger charge is -2.19. The highest BCUT2D eigenvalue weighted by Crippen LogP contribution is 2.12. The molecule has 4 heteroatoms. The molecule has 1 aliphatic rings. The Morgan fingerprint density at radius 2 is 1.77 bits per heavy atom. The highest BCUT2D eigenvalue weighted by molar-refractivity contribution is 6.37. The van der Waals surface area contributed by atoms with E-state index in [-0.39, 0.29) is 0 Å². The minimum Gasteiger partial charge on any atom is -0.512 e. The van der Waals surface area contributed by atoms with Crippen molar-refractivity contribution in [2.24, 2.45) is 0 Å². The van der Waals surface area contributed by atoms with Crippen LogP contribution < -0.4 is 4.65 Å². The molecule has 0 bridgehead atoms. The molecule has 2 rings (SSSR count).